The van der Waals surface area contributed by atoms with Gasteiger partial charge in [0.25, 0.3) is 11.8 Å². The average molecular weight is 512 g/mol. The van der Waals surface area contributed by atoms with Crippen LogP contribution in [-0.4, -0.2) is 80.8 Å². The molecule has 3 aromatic rings. The number of H-pyrrole nitrogens is 1. The second-order valence-electron chi connectivity index (χ2n) is 8.55. The van der Waals surface area contributed by atoms with E-state index in [0.29, 0.717) is 53.7 Å². The molecule has 2 aliphatic heterocycles. The van der Waals surface area contributed by atoms with Gasteiger partial charge in [0.2, 0.25) is 5.95 Å². The van der Waals surface area contributed by atoms with Crippen molar-refractivity contribution in [3.8, 4) is 0 Å². The molecule has 5 rings (SSSR count). The molecule has 4 N–H and O–H groups in total. The van der Waals surface area contributed by atoms with Gasteiger partial charge in [0, 0.05) is 51.3 Å². The van der Waals surface area contributed by atoms with Crippen LogP contribution < -0.4 is 16.0 Å². The summed E-state index contributed by atoms with van der Waals surface area (Å²) in [6.07, 6.45) is 5.03. The Labute approximate surface area is 212 Å². The number of carbonyl (C=O) groups is 2. The molecule has 0 radical (unpaired) electrons. The van der Waals surface area contributed by atoms with E-state index in [4.69, 9.17) is 22.1 Å². The number of fused-ring (bicyclic) bond motifs is 1. The summed E-state index contributed by atoms with van der Waals surface area (Å²) in [6.45, 7) is 4.64. The van der Waals surface area contributed by atoms with Crippen LogP contribution in [0.25, 0.3) is 11.6 Å². The number of nitrogen functional groups attached to an aromatic ring is 1. The van der Waals surface area contributed by atoms with E-state index in [-0.39, 0.29) is 29.5 Å². The third kappa shape index (κ3) is 4.96. The average Bonchev–Trinajstić information content (AvgIpc) is 3.55. The Kier molecular flexibility index (Phi) is 6.72. The summed E-state index contributed by atoms with van der Waals surface area (Å²) in [5.74, 6) is -0.228. The van der Waals surface area contributed by atoms with Crippen molar-refractivity contribution < 1.29 is 14.3 Å². The van der Waals surface area contributed by atoms with Gasteiger partial charge in [0.05, 0.1) is 42.2 Å². The summed E-state index contributed by atoms with van der Waals surface area (Å²) in [5, 5.41) is 7.35. The number of carbonyl (C=O) groups excluding carboxylic acids is 2. The van der Waals surface area contributed by atoms with Crippen molar-refractivity contribution in [3.05, 3.63) is 52.2 Å². The number of hydrogen-bond acceptors (Lipinski definition) is 8. The maximum absolute atomic E-state index is 13.4. The van der Waals surface area contributed by atoms with Crippen molar-refractivity contribution >= 4 is 46.8 Å². The van der Waals surface area contributed by atoms with E-state index in [0.717, 1.165) is 19.6 Å². The Bertz CT molecular complexity index is 1330. The summed E-state index contributed by atoms with van der Waals surface area (Å²) >= 11 is 6.39. The second kappa shape index (κ2) is 10.1. The van der Waals surface area contributed by atoms with Crippen molar-refractivity contribution in [1.29, 1.82) is 0 Å². The van der Waals surface area contributed by atoms with Crippen LogP contribution in [0.1, 0.15) is 27.3 Å². The molecule has 0 unspecified atom stereocenters. The molecule has 188 valence electrons. The maximum atomic E-state index is 13.4. The standard InChI is InChI=1S/C23H26ClN9O3/c1-31-4-2-15(30-31)13-33-20-18(19(24)28-23(25)29-20)17(22(33)35)11-16-10-14(12-27-16)21(34)26-3-5-32-6-8-36-9-7-32/h2,4,10-12,27H,3,5-9,13H2,1H3,(H,26,34)(H2,25,28,29)/b17-11-. The van der Waals surface area contributed by atoms with Crippen LogP contribution >= 0.6 is 11.6 Å². The molecule has 0 saturated carbocycles. The largest absolute Gasteiger partial charge is 0.379 e. The molecule has 1 saturated heterocycles. The molecule has 0 atom stereocenters. The first-order valence-corrected chi connectivity index (χ1v) is 11.9. The van der Waals surface area contributed by atoms with Crippen LogP contribution in [0.2, 0.25) is 5.15 Å². The fraction of sp³-hybridized carbons (Fsp3) is 0.348. The molecule has 3 aromatic heterocycles. The van der Waals surface area contributed by atoms with Gasteiger partial charge in [-0.15, -0.1) is 0 Å². The van der Waals surface area contributed by atoms with Gasteiger partial charge < -0.3 is 20.8 Å². The Hall–Kier alpha value is -3.74. The highest BCUT2D eigenvalue weighted by molar-refractivity contribution is 6.41. The number of morpholine rings is 1. The monoisotopic (exact) mass is 511 g/mol. The first-order chi connectivity index (χ1) is 17.4. The van der Waals surface area contributed by atoms with Crippen LogP contribution in [0, 0.1) is 0 Å². The first-order valence-electron chi connectivity index (χ1n) is 11.5. The number of amides is 2. The van der Waals surface area contributed by atoms with Crippen LogP contribution in [0.4, 0.5) is 11.8 Å². The van der Waals surface area contributed by atoms with Gasteiger partial charge in [-0.25, -0.2) is 4.98 Å². The molecule has 0 bridgehead atoms. The zero-order valence-electron chi connectivity index (χ0n) is 19.7. The van der Waals surface area contributed by atoms with Crippen LogP contribution in [0.15, 0.2) is 24.5 Å². The predicted molar refractivity (Wildman–Crippen MR) is 134 cm³/mol. The topological polar surface area (TPSA) is 147 Å². The number of hydrogen-bond donors (Lipinski definition) is 3. The minimum absolute atomic E-state index is 0.0327. The molecule has 12 nitrogen and oxygen atoms in total. The highest BCUT2D eigenvalue weighted by Crippen LogP contribution is 2.41. The third-order valence-electron chi connectivity index (χ3n) is 6.04. The number of halogens is 1. The van der Waals surface area contributed by atoms with Crippen LogP contribution in [-0.2, 0) is 23.1 Å². The van der Waals surface area contributed by atoms with Crippen molar-refractivity contribution in [2.75, 3.05) is 50.0 Å². The molecule has 0 aliphatic carbocycles. The van der Waals surface area contributed by atoms with Crippen LogP contribution in [0.3, 0.4) is 0 Å². The SMILES string of the molecule is Cn1ccc(CN2C(=O)/C(=C\c3cc(C(=O)NCCN4CCOCC4)c[nH]3)c3c(Cl)nc(N)nc32)n1. The van der Waals surface area contributed by atoms with Gasteiger partial charge >= 0.3 is 0 Å². The van der Waals surface area contributed by atoms with E-state index in [9.17, 15) is 9.59 Å². The number of nitrogens with one attached hydrogen (secondary N) is 2. The summed E-state index contributed by atoms with van der Waals surface area (Å²) in [7, 11) is 1.80. The summed E-state index contributed by atoms with van der Waals surface area (Å²) in [4.78, 5) is 41.1. The van der Waals surface area contributed by atoms with E-state index in [1.807, 2.05) is 6.07 Å². The lowest BCUT2D eigenvalue weighted by Crippen LogP contribution is -2.41. The molecule has 2 amide bonds. The fourth-order valence-corrected chi connectivity index (χ4v) is 4.51. The number of anilines is 2. The van der Waals surface area contributed by atoms with E-state index in [1.54, 1.807) is 36.3 Å². The molecule has 5 heterocycles. The molecule has 13 heteroatoms. The van der Waals surface area contributed by atoms with Gasteiger partial charge in [-0.05, 0) is 18.2 Å². The summed E-state index contributed by atoms with van der Waals surface area (Å²) in [6, 6.07) is 3.49. The Balaban J connectivity index is 1.34. The minimum atomic E-state index is -0.316. The highest BCUT2D eigenvalue weighted by Gasteiger charge is 2.37. The van der Waals surface area contributed by atoms with Gasteiger partial charge in [-0.2, -0.15) is 10.1 Å². The molecular weight excluding hydrogens is 486 g/mol. The Morgan fingerprint density at radius 3 is 2.89 bits per heavy atom. The lowest BCUT2D eigenvalue weighted by Gasteiger charge is -2.26. The number of nitrogens with zero attached hydrogens (tertiary/aromatic N) is 6. The van der Waals surface area contributed by atoms with Crippen molar-refractivity contribution in [3.63, 3.8) is 0 Å². The third-order valence-corrected chi connectivity index (χ3v) is 6.31. The predicted octanol–water partition coefficient (Wildman–Crippen LogP) is 0.923. The number of ether oxygens (including phenoxy) is 1. The molecule has 1 fully saturated rings. The number of nitrogens with two attached hydrogens (primary N) is 1. The Morgan fingerprint density at radius 1 is 1.33 bits per heavy atom. The Morgan fingerprint density at radius 2 is 2.14 bits per heavy atom. The normalized spacial score (nSPS) is 17.1. The zero-order chi connectivity index (χ0) is 25.2. The molecule has 2 aliphatic rings. The second-order valence-corrected chi connectivity index (χ2v) is 8.91. The van der Waals surface area contributed by atoms with Gasteiger partial charge in [-0.3, -0.25) is 24.1 Å². The van der Waals surface area contributed by atoms with E-state index >= 15 is 0 Å². The van der Waals surface area contributed by atoms with E-state index in [1.165, 1.54) is 4.90 Å². The smallest absolute Gasteiger partial charge is 0.260 e. The lowest BCUT2D eigenvalue weighted by atomic mass is 10.1. The van der Waals surface area contributed by atoms with Crippen molar-refractivity contribution in [2.24, 2.45) is 7.05 Å². The lowest BCUT2D eigenvalue weighted by molar-refractivity contribution is -0.113. The van der Waals surface area contributed by atoms with Crippen molar-refractivity contribution in [1.82, 2.24) is 34.9 Å². The zero-order valence-corrected chi connectivity index (χ0v) is 20.5. The van der Waals surface area contributed by atoms with Gasteiger partial charge in [0.1, 0.15) is 5.15 Å². The van der Waals surface area contributed by atoms with E-state index in [2.05, 4.69) is 30.3 Å². The van der Waals surface area contributed by atoms with E-state index < -0.39 is 0 Å². The maximum Gasteiger partial charge on any atom is 0.260 e. The number of aryl methyl sites for hydroxylation is 1. The highest BCUT2D eigenvalue weighted by atomic mass is 35.5. The van der Waals surface area contributed by atoms with Crippen LogP contribution in [0.5, 0.6) is 0 Å². The number of rotatable bonds is 7. The molecule has 0 aromatic carbocycles. The summed E-state index contributed by atoms with van der Waals surface area (Å²) < 4.78 is 7.00. The first kappa shape index (κ1) is 24.0. The number of aromatic amines is 1. The quantitative estimate of drug-likeness (QED) is 0.313. The number of aromatic nitrogens is 5. The van der Waals surface area contributed by atoms with Crippen molar-refractivity contribution in [2.45, 2.75) is 6.54 Å². The minimum Gasteiger partial charge on any atom is -0.379 e. The molecule has 0 spiro atoms. The van der Waals surface area contributed by atoms with Gasteiger partial charge in [-0.1, -0.05) is 11.6 Å². The summed E-state index contributed by atoms with van der Waals surface area (Å²) in [5.41, 5.74) is 8.21. The molecular formula is C23H26ClN9O3. The fourth-order valence-electron chi connectivity index (χ4n) is 4.24. The van der Waals surface area contributed by atoms with Gasteiger partial charge in [0.15, 0.2) is 5.82 Å². The molecule has 36 heavy (non-hydrogen) atoms.